The molecule has 176 valence electrons. The fraction of sp³-hybridized carbons (Fsp3) is 0.812. The van der Waals surface area contributed by atoms with E-state index in [1.54, 1.807) is 13.8 Å². The number of carbonyl (C=O) groups excluding carboxylic acids is 3. The van der Waals surface area contributed by atoms with Gasteiger partial charge in [0.2, 0.25) is 0 Å². The molecule has 1 unspecified atom stereocenters. The van der Waals surface area contributed by atoms with E-state index in [0.717, 1.165) is 0 Å². The fourth-order valence-electron chi connectivity index (χ4n) is 2.11. The van der Waals surface area contributed by atoms with Crippen LogP contribution in [0.4, 0.5) is 0 Å². The van der Waals surface area contributed by atoms with Crippen molar-refractivity contribution < 1.29 is 57.3 Å². The van der Waals surface area contributed by atoms with Crippen molar-refractivity contribution in [1.29, 1.82) is 0 Å². The number of esters is 3. The number of ether oxygens (including phenoxy) is 3. The van der Waals surface area contributed by atoms with Gasteiger partial charge >= 0.3 is 33.1 Å². The average Bonchev–Trinajstić information content (AvgIpc) is 2.63. The Morgan fingerprint density at radius 3 is 1.67 bits per heavy atom. The minimum atomic E-state index is -5.22. The molecule has 0 fully saturated rings. The second-order valence-corrected chi connectivity index (χ2v) is 11.1. The summed E-state index contributed by atoms with van der Waals surface area (Å²) in [6.45, 7) is 3.71. The second kappa shape index (κ2) is 12.5. The highest BCUT2D eigenvalue weighted by molar-refractivity contribution is 7.72. The third kappa shape index (κ3) is 9.68. The Labute approximate surface area is 174 Å². The largest absolute Gasteiger partial charge is 0.466 e. The Bertz CT molecular complexity index is 658. The van der Waals surface area contributed by atoms with Crippen LogP contribution in [-0.4, -0.2) is 61.7 Å². The summed E-state index contributed by atoms with van der Waals surface area (Å²) in [6.07, 6.45) is -1.54. The van der Waals surface area contributed by atoms with Gasteiger partial charge in [0, 0.05) is 32.1 Å². The van der Waals surface area contributed by atoms with Gasteiger partial charge in [0.05, 0.1) is 13.2 Å². The van der Waals surface area contributed by atoms with Crippen LogP contribution in [0.25, 0.3) is 0 Å². The molecule has 0 heterocycles. The van der Waals surface area contributed by atoms with E-state index in [0.29, 0.717) is 6.92 Å². The lowest BCUT2D eigenvalue weighted by Gasteiger charge is -2.30. The van der Waals surface area contributed by atoms with Crippen molar-refractivity contribution in [3.63, 3.8) is 0 Å². The zero-order valence-corrected chi connectivity index (χ0v) is 19.0. The molecule has 0 aliphatic rings. The van der Waals surface area contributed by atoms with Crippen LogP contribution < -0.4 is 0 Å². The van der Waals surface area contributed by atoms with Gasteiger partial charge < -0.3 is 33.8 Å². The highest BCUT2D eigenvalue weighted by Gasteiger charge is 2.56. The molecule has 0 saturated heterocycles. The first-order valence-electron chi connectivity index (χ1n) is 9.30. The maximum atomic E-state index is 11.8. The van der Waals surface area contributed by atoms with E-state index in [2.05, 4.69) is 0 Å². The number of hydrogen-bond donors (Lipinski definition) is 4. The smallest absolute Gasteiger partial charge is 0.343 e. The van der Waals surface area contributed by atoms with E-state index in [-0.39, 0.29) is 38.9 Å². The van der Waals surface area contributed by atoms with Gasteiger partial charge in [0.15, 0.2) is 4.90 Å². The minimum absolute atomic E-state index is 0.00516. The number of carbonyl (C=O) groups is 3. The van der Waals surface area contributed by atoms with Crippen LogP contribution in [0.3, 0.4) is 0 Å². The summed E-state index contributed by atoms with van der Waals surface area (Å²) in [7, 11) is -10.4. The van der Waals surface area contributed by atoms with Gasteiger partial charge in [-0.15, -0.1) is 0 Å². The van der Waals surface area contributed by atoms with E-state index >= 15 is 0 Å². The monoisotopic (exact) mass is 476 g/mol. The van der Waals surface area contributed by atoms with E-state index in [1.165, 1.54) is 0 Å². The third-order valence-corrected chi connectivity index (χ3v) is 8.86. The Morgan fingerprint density at radius 1 is 0.833 bits per heavy atom. The molecular formula is C16H30O12P2. The molecule has 0 spiro atoms. The first kappa shape index (κ1) is 28.7. The van der Waals surface area contributed by atoms with Crippen molar-refractivity contribution in [1.82, 2.24) is 0 Å². The first-order valence-corrected chi connectivity index (χ1v) is 12.5. The van der Waals surface area contributed by atoms with Gasteiger partial charge in [0.1, 0.15) is 6.10 Å². The van der Waals surface area contributed by atoms with Crippen LogP contribution in [-0.2, 0) is 37.7 Å². The molecule has 0 aliphatic heterocycles. The topological polar surface area (TPSA) is 194 Å². The lowest BCUT2D eigenvalue weighted by Crippen LogP contribution is -2.27. The van der Waals surface area contributed by atoms with Crippen molar-refractivity contribution in [3.8, 4) is 0 Å². The average molecular weight is 476 g/mol. The van der Waals surface area contributed by atoms with E-state index in [4.69, 9.17) is 14.2 Å². The molecule has 0 bridgehead atoms. The summed E-state index contributed by atoms with van der Waals surface area (Å²) in [4.78, 5) is 68.8. The van der Waals surface area contributed by atoms with Crippen molar-refractivity contribution in [2.24, 2.45) is 0 Å². The van der Waals surface area contributed by atoms with Gasteiger partial charge in [0.25, 0.3) is 0 Å². The third-order valence-electron chi connectivity index (χ3n) is 4.34. The van der Waals surface area contributed by atoms with Crippen molar-refractivity contribution in [2.75, 3.05) is 13.2 Å². The lowest BCUT2D eigenvalue weighted by molar-refractivity contribution is -0.152. The maximum Gasteiger partial charge on any atom is 0.343 e. The van der Waals surface area contributed by atoms with E-state index < -0.39 is 56.9 Å². The van der Waals surface area contributed by atoms with E-state index in [9.17, 15) is 43.1 Å². The second-order valence-electron chi connectivity index (χ2n) is 6.64. The van der Waals surface area contributed by atoms with Crippen LogP contribution in [0.5, 0.6) is 0 Å². The molecule has 0 amide bonds. The summed E-state index contributed by atoms with van der Waals surface area (Å²) in [5.41, 5.74) is 0. The predicted octanol–water partition coefficient (Wildman–Crippen LogP) is 1.44. The zero-order valence-electron chi connectivity index (χ0n) is 17.2. The minimum Gasteiger partial charge on any atom is -0.466 e. The van der Waals surface area contributed by atoms with Gasteiger partial charge in [-0.05, 0) is 13.3 Å². The molecular weight excluding hydrogens is 446 g/mol. The lowest BCUT2D eigenvalue weighted by atomic mass is 10.2. The predicted molar refractivity (Wildman–Crippen MR) is 103 cm³/mol. The standard InChI is InChI=1S/C16H30O12P2/c1-4-13(17)26-10-7-12(28-14(18)5-2)8-11-27-15(19)6-9-16(3,29(20,21)22)30(23,24)25/h12H,4-11H2,1-3H3,(H2,20,21,22)(H2,23,24,25). The van der Waals surface area contributed by atoms with Crippen LogP contribution >= 0.6 is 15.2 Å². The number of rotatable bonds is 14. The van der Waals surface area contributed by atoms with Crippen LogP contribution in [0.1, 0.15) is 59.3 Å². The fourth-order valence-corrected chi connectivity index (χ4v) is 4.28. The summed E-state index contributed by atoms with van der Waals surface area (Å²) in [5, 5.41) is 0. The molecule has 0 aromatic heterocycles. The molecule has 12 nitrogen and oxygen atoms in total. The summed E-state index contributed by atoms with van der Waals surface area (Å²) < 4.78 is 38.0. The molecule has 1 atom stereocenters. The number of hydrogen-bond acceptors (Lipinski definition) is 8. The normalized spacial score (nSPS) is 13.4. The summed E-state index contributed by atoms with van der Waals surface area (Å²) >= 11 is 0. The molecule has 0 aromatic rings. The van der Waals surface area contributed by atoms with Gasteiger partial charge in [-0.25, -0.2) is 0 Å². The molecule has 0 radical (unpaired) electrons. The summed E-state index contributed by atoms with van der Waals surface area (Å²) in [5.74, 6) is -1.84. The molecule has 14 heteroatoms. The van der Waals surface area contributed by atoms with Crippen molar-refractivity contribution >= 4 is 33.1 Å². The van der Waals surface area contributed by atoms with Crippen molar-refractivity contribution in [2.45, 2.75) is 70.3 Å². The highest BCUT2D eigenvalue weighted by Crippen LogP contribution is 2.70. The van der Waals surface area contributed by atoms with Crippen LogP contribution in [0.15, 0.2) is 0 Å². The van der Waals surface area contributed by atoms with Crippen molar-refractivity contribution in [3.05, 3.63) is 0 Å². The highest BCUT2D eigenvalue weighted by atomic mass is 31.2. The van der Waals surface area contributed by atoms with Gasteiger partial charge in [-0.1, -0.05) is 13.8 Å². The Kier molecular flexibility index (Phi) is 12.0. The maximum absolute atomic E-state index is 11.8. The summed E-state index contributed by atoms with van der Waals surface area (Å²) in [6, 6.07) is 0. The first-order chi connectivity index (χ1) is 13.7. The zero-order chi connectivity index (χ0) is 23.6. The van der Waals surface area contributed by atoms with Crippen LogP contribution in [0.2, 0.25) is 0 Å². The molecule has 4 N–H and O–H groups in total. The molecule has 0 saturated carbocycles. The molecule has 0 aromatic carbocycles. The quantitative estimate of drug-likeness (QED) is 0.160. The van der Waals surface area contributed by atoms with E-state index in [1.807, 2.05) is 0 Å². The Balaban J connectivity index is 4.69. The molecule has 0 aliphatic carbocycles. The Morgan fingerprint density at radius 2 is 1.27 bits per heavy atom. The Hall–Kier alpha value is -1.29. The SMILES string of the molecule is CCC(=O)OCCC(CCOC(=O)CCC(C)(P(=O)(O)O)P(=O)(O)O)OC(=O)CC. The van der Waals surface area contributed by atoms with Crippen LogP contribution in [0, 0.1) is 0 Å². The molecule has 0 rings (SSSR count). The van der Waals surface area contributed by atoms with Gasteiger partial charge in [-0.3, -0.25) is 23.5 Å². The van der Waals surface area contributed by atoms with Gasteiger partial charge in [-0.2, -0.15) is 0 Å². The molecule has 30 heavy (non-hydrogen) atoms.